The predicted molar refractivity (Wildman–Crippen MR) is 127 cm³/mol. The maximum absolute atomic E-state index is 13.1. The fourth-order valence-electron chi connectivity index (χ4n) is 4.16. The zero-order valence-corrected chi connectivity index (χ0v) is 19.8. The van der Waals surface area contributed by atoms with Gasteiger partial charge in [0.2, 0.25) is 0 Å². The first-order chi connectivity index (χ1) is 16.5. The number of carbonyl (C=O) groups is 2. The lowest BCUT2D eigenvalue weighted by Gasteiger charge is -2.32. The molecule has 1 fully saturated rings. The van der Waals surface area contributed by atoms with E-state index in [0.29, 0.717) is 36.2 Å². The van der Waals surface area contributed by atoms with Gasteiger partial charge < -0.3 is 24.8 Å². The molecular weight excluding hydrogens is 434 g/mol. The van der Waals surface area contributed by atoms with Gasteiger partial charge in [0, 0.05) is 24.8 Å². The molecule has 2 N–H and O–H groups in total. The highest BCUT2D eigenvalue weighted by Gasteiger charge is 2.36. The zero-order valence-electron chi connectivity index (χ0n) is 19.8. The van der Waals surface area contributed by atoms with Gasteiger partial charge in [-0.1, -0.05) is 24.3 Å². The lowest BCUT2D eigenvalue weighted by Crippen LogP contribution is -2.48. The second-order valence-corrected chi connectivity index (χ2v) is 8.40. The minimum atomic E-state index is -0.615. The summed E-state index contributed by atoms with van der Waals surface area (Å²) in [7, 11) is 3.24. The van der Waals surface area contributed by atoms with Crippen molar-refractivity contribution in [2.75, 3.05) is 27.4 Å². The highest BCUT2D eigenvalue weighted by molar-refractivity contribution is 5.95. The van der Waals surface area contributed by atoms with Crippen LogP contribution in [0.1, 0.15) is 36.9 Å². The Morgan fingerprint density at radius 1 is 0.971 bits per heavy atom. The largest absolute Gasteiger partial charge is 0.497 e. The third-order valence-corrected chi connectivity index (χ3v) is 6.07. The molecule has 180 valence electrons. The Hall–Kier alpha value is -3.52. The number of amides is 2. The van der Waals surface area contributed by atoms with E-state index in [1.165, 1.54) is 0 Å². The van der Waals surface area contributed by atoms with Crippen LogP contribution in [0.15, 0.2) is 59.8 Å². The highest BCUT2D eigenvalue weighted by Crippen LogP contribution is 2.33. The molecule has 2 aromatic rings. The molecule has 1 unspecified atom stereocenters. The zero-order chi connectivity index (χ0) is 24.1. The van der Waals surface area contributed by atoms with Crippen LogP contribution >= 0.6 is 0 Å². The van der Waals surface area contributed by atoms with Crippen LogP contribution in [0.4, 0.5) is 4.79 Å². The molecule has 2 amide bonds. The molecule has 4 rings (SSSR count). The molecule has 2 aliphatic rings. The quantitative estimate of drug-likeness (QED) is 0.522. The summed E-state index contributed by atoms with van der Waals surface area (Å²) in [5.74, 6) is 1.07. The number of nitrogens with one attached hydrogen (secondary N) is 2. The molecule has 1 aliphatic heterocycles. The van der Waals surface area contributed by atoms with E-state index in [1.54, 1.807) is 21.1 Å². The topological polar surface area (TPSA) is 89.1 Å². The number of rotatable bonds is 10. The van der Waals surface area contributed by atoms with Gasteiger partial charge in [-0.15, -0.1) is 0 Å². The molecule has 0 bridgehead atoms. The molecule has 1 atom stereocenters. The summed E-state index contributed by atoms with van der Waals surface area (Å²) in [6, 6.07) is 14.7. The van der Waals surface area contributed by atoms with E-state index in [1.807, 2.05) is 48.5 Å². The van der Waals surface area contributed by atoms with Crippen LogP contribution in [-0.4, -0.2) is 50.3 Å². The molecule has 0 saturated heterocycles. The van der Waals surface area contributed by atoms with Crippen molar-refractivity contribution in [3.05, 3.63) is 70.9 Å². The van der Waals surface area contributed by atoms with Gasteiger partial charge in [-0.2, -0.15) is 0 Å². The van der Waals surface area contributed by atoms with E-state index < -0.39 is 12.0 Å². The molecule has 0 aromatic heterocycles. The number of urea groups is 1. The number of benzene rings is 2. The molecule has 1 heterocycles. The average Bonchev–Trinajstić information content (AvgIpc) is 3.69. The van der Waals surface area contributed by atoms with Crippen molar-refractivity contribution >= 4 is 12.0 Å². The molecule has 8 heteroatoms. The number of ether oxygens (including phenoxy) is 3. The minimum absolute atomic E-state index is 0.247. The van der Waals surface area contributed by atoms with Gasteiger partial charge in [0.05, 0.1) is 32.4 Å². The highest BCUT2D eigenvalue weighted by atomic mass is 16.5. The summed E-state index contributed by atoms with van der Waals surface area (Å²) >= 11 is 0. The predicted octanol–water partition coefficient (Wildman–Crippen LogP) is 3.54. The fourth-order valence-corrected chi connectivity index (χ4v) is 4.16. The number of esters is 1. The van der Waals surface area contributed by atoms with Crippen molar-refractivity contribution in [1.82, 2.24) is 15.5 Å². The van der Waals surface area contributed by atoms with Crippen LogP contribution in [0.5, 0.6) is 11.5 Å². The average molecular weight is 466 g/mol. The summed E-state index contributed by atoms with van der Waals surface area (Å²) in [6.07, 6.45) is 2.18. The molecule has 8 nitrogen and oxygen atoms in total. The van der Waals surface area contributed by atoms with Crippen LogP contribution in [0.25, 0.3) is 0 Å². The molecule has 1 aliphatic carbocycles. The smallest absolute Gasteiger partial charge is 0.338 e. The molecule has 0 radical (unpaired) electrons. The first-order valence-corrected chi connectivity index (χ1v) is 11.5. The molecule has 0 spiro atoms. The number of hydrogen-bond acceptors (Lipinski definition) is 6. The standard InChI is InChI=1S/C26H31N3O5/c1-4-34-25(30)23-22(27-26(31)28-24(23)18-7-13-21(33-3)14-8-18)16-29(19-9-10-19)15-17-5-11-20(32-2)12-6-17/h5-8,11-14,19,24H,4,9-10,15-16H2,1-3H3,(H2,27,28,31). The molecule has 1 saturated carbocycles. The SMILES string of the molecule is CCOC(=O)C1=C(CN(Cc2ccc(OC)cc2)C2CC2)NC(=O)NC1c1ccc(OC)cc1. The summed E-state index contributed by atoms with van der Waals surface area (Å²) in [6.45, 7) is 3.16. The van der Waals surface area contributed by atoms with Crippen molar-refractivity contribution < 1.29 is 23.8 Å². The van der Waals surface area contributed by atoms with E-state index in [9.17, 15) is 9.59 Å². The minimum Gasteiger partial charge on any atom is -0.497 e. The Labute approximate surface area is 199 Å². The third-order valence-electron chi connectivity index (χ3n) is 6.07. The van der Waals surface area contributed by atoms with Gasteiger partial charge in [-0.05, 0) is 55.2 Å². The summed E-state index contributed by atoms with van der Waals surface area (Å²) < 4.78 is 15.9. The molecular formula is C26H31N3O5. The lowest BCUT2D eigenvalue weighted by atomic mass is 9.94. The monoisotopic (exact) mass is 465 g/mol. The Balaban J connectivity index is 1.66. The maximum atomic E-state index is 13.1. The first-order valence-electron chi connectivity index (χ1n) is 11.5. The van der Waals surface area contributed by atoms with E-state index in [0.717, 1.165) is 29.7 Å². The first kappa shape index (κ1) is 23.6. The van der Waals surface area contributed by atoms with E-state index >= 15 is 0 Å². The number of methoxy groups -OCH3 is 2. The van der Waals surface area contributed by atoms with Crippen molar-refractivity contribution in [2.45, 2.75) is 38.4 Å². The summed E-state index contributed by atoms with van der Waals surface area (Å²) in [5.41, 5.74) is 2.91. The van der Waals surface area contributed by atoms with Crippen LogP contribution < -0.4 is 20.1 Å². The number of hydrogen-bond donors (Lipinski definition) is 2. The van der Waals surface area contributed by atoms with Gasteiger partial charge >= 0.3 is 12.0 Å². The van der Waals surface area contributed by atoms with Crippen molar-refractivity contribution in [2.24, 2.45) is 0 Å². The number of carbonyl (C=O) groups excluding carboxylic acids is 2. The van der Waals surface area contributed by atoms with Gasteiger partial charge in [-0.3, -0.25) is 4.90 Å². The molecule has 34 heavy (non-hydrogen) atoms. The van der Waals surface area contributed by atoms with Crippen molar-refractivity contribution in [3.63, 3.8) is 0 Å². The number of nitrogens with zero attached hydrogens (tertiary/aromatic N) is 1. The lowest BCUT2D eigenvalue weighted by molar-refractivity contribution is -0.139. The van der Waals surface area contributed by atoms with Gasteiger partial charge in [0.1, 0.15) is 11.5 Å². The van der Waals surface area contributed by atoms with Gasteiger partial charge in [0.15, 0.2) is 0 Å². The second-order valence-electron chi connectivity index (χ2n) is 8.40. The van der Waals surface area contributed by atoms with Gasteiger partial charge in [0.25, 0.3) is 0 Å². The van der Waals surface area contributed by atoms with E-state index in [2.05, 4.69) is 15.5 Å². The second kappa shape index (κ2) is 10.6. The molecule has 2 aromatic carbocycles. The summed E-state index contributed by atoms with van der Waals surface area (Å²) in [4.78, 5) is 28.0. The van der Waals surface area contributed by atoms with E-state index in [4.69, 9.17) is 14.2 Å². The fraction of sp³-hybridized carbons (Fsp3) is 0.385. The van der Waals surface area contributed by atoms with Crippen LogP contribution in [0.3, 0.4) is 0 Å². The van der Waals surface area contributed by atoms with Crippen LogP contribution in [-0.2, 0) is 16.1 Å². The van der Waals surface area contributed by atoms with Crippen LogP contribution in [0, 0.1) is 0 Å². The normalized spacial score (nSPS) is 17.8. The third kappa shape index (κ3) is 5.51. The Bertz CT molecular complexity index is 1050. The maximum Gasteiger partial charge on any atom is 0.338 e. The van der Waals surface area contributed by atoms with Crippen LogP contribution in [0.2, 0.25) is 0 Å². The Morgan fingerprint density at radius 3 is 2.15 bits per heavy atom. The van der Waals surface area contributed by atoms with Crippen molar-refractivity contribution in [1.29, 1.82) is 0 Å². The van der Waals surface area contributed by atoms with Gasteiger partial charge in [-0.25, -0.2) is 9.59 Å². The Kier molecular flexibility index (Phi) is 7.37. The van der Waals surface area contributed by atoms with Crippen molar-refractivity contribution in [3.8, 4) is 11.5 Å². The van der Waals surface area contributed by atoms with E-state index in [-0.39, 0.29) is 12.6 Å². The Morgan fingerprint density at radius 2 is 1.59 bits per heavy atom. The summed E-state index contributed by atoms with van der Waals surface area (Å²) in [5, 5.41) is 5.78.